The second-order valence-electron chi connectivity index (χ2n) is 7.44. The van der Waals surface area contributed by atoms with Gasteiger partial charge in [-0.2, -0.15) is 18.3 Å². The number of amides is 1. The number of non-ortho nitro benzene ring substituents is 1. The van der Waals surface area contributed by atoms with Crippen molar-refractivity contribution >= 4 is 17.8 Å². The van der Waals surface area contributed by atoms with Crippen LogP contribution in [0.4, 0.5) is 18.9 Å². The molecule has 0 fully saturated rings. The van der Waals surface area contributed by atoms with Crippen molar-refractivity contribution < 1.29 is 27.6 Å². The molecule has 1 N–H and O–H groups in total. The van der Waals surface area contributed by atoms with Gasteiger partial charge >= 0.3 is 6.18 Å². The number of hydrogen-bond acceptors (Lipinski definition) is 5. The lowest BCUT2D eigenvalue weighted by atomic mass is 10.1. The zero-order valence-electron chi connectivity index (χ0n) is 18.5. The van der Waals surface area contributed by atoms with Crippen molar-refractivity contribution in [2.75, 3.05) is 7.11 Å². The minimum Gasteiger partial charge on any atom is -0.495 e. The molecule has 8 nitrogen and oxygen atoms in total. The molecule has 0 aliphatic rings. The van der Waals surface area contributed by atoms with Gasteiger partial charge in [-0.1, -0.05) is 18.2 Å². The Bertz CT molecular complexity index is 1270. The van der Waals surface area contributed by atoms with Crippen molar-refractivity contribution in [1.82, 2.24) is 9.99 Å². The van der Waals surface area contributed by atoms with Crippen LogP contribution in [0, 0.1) is 24.0 Å². The standard InChI is InChI=1S/C23H21F3N4O4/c1-14-9-17(15(2)29(14)20-12-19(30(32)33)7-8-21(20)34-3)13-27-28-22(31)11-16-5-4-6-18(10-16)23(24,25)26/h4-10,12-13H,11H2,1-3H3,(H,28,31)/b27-13+. The third kappa shape index (κ3) is 5.42. The summed E-state index contributed by atoms with van der Waals surface area (Å²) in [7, 11) is 1.46. The number of benzene rings is 2. The van der Waals surface area contributed by atoms with Crippen LogP contribution in [0.5, 0.6) is 5.75 Å². The zero-order valence-corrected chi connectivity index (χ0v) is 18.5. The van der Waals surface area contributed by atoms with Gasteiger partial charge in [-0.15, -0.1) is 0 Å². The molecular weight excluding hydrogens is 453 g/mol. The SMILES string of the molecule is COc1ccc([N+](=O)[O-])cc1-n1c(C)cc(/C=N/NC(=O)Cc2cccc(C(F)(F)F)c2)c1C. The number of aryl methyl sites for hydroxylation is 1. The van der Waals surface area contributed by atoms with Gasteiger partial charge in [-0.3, -0.25) is 14.9 Å². The molecule has 11 heteroatoms. The summed E-state index contributed by atoms with van der Waals surface area (Å²) >= 11 is 0. The van der Waals surface area contributed by atoms with Crippen LogP contribution in [-0.4, -0.2) is 28.7 Å². The second kappa shape index (κ2) is 9.77. The molecule has 0 bridgehead atoms. The van der Waals surface area contributed by atoms with Gasteiger partial charge in [0.25, 0.3) is 5.69 Å². The topological polar surface area (TPSA) is 98.8 Å². The van der Waals surface area contributed by atoms with Gasteiger partial charge in [0.15, 0.2) is 0 Å². The number of nitro groups is 1. The summed E-state index contributed by atoms with van der Waals surface area (Å²) < 4.78 is 45.6. The molecule has 1 amide bonds. The molecule has 0 spiro atoms. The van der Waals surface area contributed by atoms with E-state index in [1.54, 1.807) is 24.5 Å². The first-order valence-electron chi connectivity index (χ1n) is 10.0. The van der Waals surface area contributed by atoms with Crippen LogP contribution in [0.2, 0.25) is 0 Å². The minimum atomic E-state index is -4.49. The summed E-state index contributed by atoms with van der Waals surface area (Å²) in [5, 5.41) is 15.1. The molecule has 0 saturated carbocycles. The zero-order chi connectivity index (χ0) is 25.0. The number of hydrazone groups is 1. The highest BCUT2D eigenvalue weighted by atomic mass is 19.4. The highest BCUT2D eigenvalue weighted by Gasteiger charge is 2.30. The number of nitro benzene ring substituents is 1. The predicted octanol–water partition coefficient (Wildman–Crippen LogP) is 4.72. The molecule has 3 rings (SSSR count). The Balaban J connectivity index is 1.78. The number of rotatable bonds is 7. The third-order valence-electron chi connectivity index (χ3n) is 5.10. The number of nitrogens with zero attached hydrogens (tertiary/aromatic N) is 3. The van der Waals surface area contributed by atoms with Crippen molar-refractivity contribution in [3.8, 4) is 11.4 Å². The lowest BCUT2D eigenvalue weighted by Crippen LogP contribution is -2.20. The maximum Gasteiger partial charge on any atom is 0.416 e. The number of ether oxygens (including phenoxy) is 1. The van der Waals surface area contributed by atoms with Crippen LogP contribution >= 0.6 is 0 Å². The number of aromatic nitrogens is 1. The van der Waals surface area contributed by atoms with E-state index >= 15 is 0 Å². The predicted molar refractivity (Wildman–Crippen MR) is 119 cm³/mol. The number of nitrogens with one attached hydrogen (secondary N) is 1. The Labute approximate surface area is 192 Å². The van der Waals surface area contributed by atoms with Gasteiger partial charge in [0, 0.05) is 29.1 Å². The normalized spacial score (nSPS) is 11.6. The summed E-state index contributed by atoms with van der Waals surface area (Å²) in [4.78, 5) is 22.8. The number of hydrogen-bond donors (Lipinski definition) is 1. The fourth-order valence-corrected chi connectivity index (χ4v) is 3.51. The van der Waals surface area contributed by atoms with Crippen molar-refractivity contribution in [1.29, 1.82) is 0 Å². The van der Waals surface area contributed by atoms with Gasteiger partial charge in [-0.25, -0.2) is 5.43 Å². The van der Waals surface area contributed by atoms with E-state index in [9.17, 15) is 28.1 Å². The van der Waals surface area contributed by atoms with E-state index in [4.69, 9.17) is 4.74 Å². The molecule has 0 aliphatic heterocycles. The largest absolute Gasteiger partial charge is 0.495 e. The van der Waals surface area contributed by atoms with Crippen LogP contribution in [0.15, 0.2) is 53.6 Å². The van der Waals surface area contributed by atoms with Crippen LogP contribution in [0.1, 0.15) is 28.1 Å². The summed E-state index contributed by atoms with van der Waals surface area (Å²) in [5.41, 5.74) is 4.12. The lowest BCUT2D eigenvalue weighted by Gasteiger charge is -2.13. The van der Waals surface area contributed by atoms with E-state index in [1.165, 1.54) is 43.7 Å². The van der Waals surface area contributed by atoms with E-state index in [1.807, 2.05) is 0 Å². The maximum absolute atomic E-state index is 12.8. The molecule has 0 atom stereocenters. The van der Waals surface area contributed by atoms with Crippen LogP contribution in [0.3, 0.4) is 0 Å². The van der Waals surface area contributed by atoms with Crippen LogP contribution < -0.4 is 10.2 Å². The molecule has 2 aromatic carbocycles. The van der Waals surface area contributed by atoms with Crippen molar-refractivity contribution in [3.63, 3.8) is 0 Å². The molecule has 3 aromatic rings. The van der Waals surface area contributed by atoms with Gasteiger partial charge < -0.3 is 9.30 Å². The molecule has 0 unspecified atom stereocenters. The Morgan fingerprint density at radius 2 is 1.94 bits per heavy atom. The van der Waals surface area contributed by atoms with Crippen molar-refractivity contribution in [2.24, 2.45) is 5.10 Å². The van der Waals surface area contributed by atoms with Crippen molar-refractivity contribution in [3.05, 3.63) is 86.7 Å². The summed E-state index contributed by atoms with van der Waals surface area (Å²) in [6.45, 7) is 3.58. The Morgan fingerprint density at radius 1 is 1.21 bits per heavy atom. The van der Waals surface area contributed by atoms with Gasteiger partial charge in [0.1, 0.15) is 5.75 Å². The first-order chi connectivity index (χ1) is 16.0. The van der Waals surface area contributed by atoms with Gasteiger partial charge in [0.2, 0.25) is 5.91 Å². The van der Waals surface area contributed by atoms with Crippen molar-refractivity contribution in [2.45, 2.75) is 26.4 Å². The third-order valence-corrected chi connectivity index (χ3v) is 5.10. The first kappa shape index (κ1) is 24.5. The number of methoxy groups -OCH3 is 1. The molecule has 0 saturated heterocycles. The quantitative estimate of drug-likeness (QED) is 0.304. The summed E-state index contributed by atoms with van der Waals surface area (Å²) in [6.07, 6.45) is -3.37. The fraction of sp³-hybridized carbons (Fsp3) is 0.217. The average Bonchev–Trinajstić information content (AvgIpc) is 3.05. The highest BCUT2D eigenvalue weighted by Crippen LogP contribution is 2.31. The van der Waals surface area contributed by atoms with Gasteiger partial charge in [-0.05, 0) is 37.6 Å². The van der Waals surface area contributed by atoms with E-state index in [0.717, 1.165) is 17.8 Å². The van der Waals surface area contributed by atoms with E-state index in [2.05, 4.69) is 10.5 Å². The molecule has 0 aliphatic carbocycles. The van der Waals surface area contributed by atoms with E-state index in [0.29, 0.717) is 22.7 Å². The monoisotopic (exact) mass is 474 g/mol. The second-order valence-corrected chi connectivity index (χ2v) is 7.44. The first-order valence-corrected chi connectivity index (χ1v) is 10.0. The Morgan fingerprint density at radius 3 is 2.59 bits per heavy atom. The lowest BCUT2D eigenvalue weighted by molar-refractivity contribution is -0.384. The number of carbonyl (C=O) groups excluding carboxylic acids is 1. The molecule has 0 radical (unpaired) electrons. The summed E-state index contributed by atoms with van der Waals surface area (Å²) in [5.74, 6) is -0.144. The Hall–Kier alpha value is -4.15. The molecule has 1 heterocycles. The molecule has 178 valence electrons. The average molecular weight is 474 g/mol. The minimum absolute atomic E-state index is 0.0969. The molecular formula is C23H21F3N4O4. The fourth-order valence-electron chi connectivity index (χ4n) is 3.51. The van der Waals surface area contributed by atoms with Crippen LogP contribution in [-0.2, 0) is 17.4 Å². The molecule has 34 heavy (non-hydrogen) atoms. The highest BCUT2D eigenvalue weighted by molar-refractivity contribution is 5.85. The smallest absolute Gasteiger partial charge is 0.416 e. The number of alkyl halides is 3. The van der Waals surface area contributed by atoms with Crippen LogP contribution in [0.25, 0.3) is 5.69 Å². The Kier molecular flexibility index (Phi) is 7.04. The van der Waals surface area contributed by atoms with E-state index in [-0.39, 0.29) is 17.7 Å². The number of carbonyl (C=O) groups is 1. The van der Waals surface area contributed by atoms with Gasteiger partial charge in [0.05, 0.1) is 35.9 Å². The maximum atomic E-state index is 12.8. The summed E-state index contributed by atoms with van der Waals surface area (Å²) in [6, 6.07) is 10.6. The number of halogens is 3. The van der Waals surface area contributed by atoms with E-state index < -0.39 is 22.6 Å². The molecule has 1 aromatic heterocycles.